The molecular weight excluding hydrogens is 210 g/mol. The van der Waals surface area contributed by atoms with Crippen LogP contribution in [0.3, 0.4) is 0 Å². The van der Waals surface area contributed by atoms with Crippen LogP contribution in [0.25, 0.3) is 0 Å². The van der Waals surface area contributed by atoms with Crippen molar-refractivity contribution in [1.82, 2.24) is 10.3 Å². The Morgan fingerprint density at radius 1 is 1.69 bits per heavy atom. The number of amides is 1. The van der Waals surface area contributed by atoms with Gasteiger partial charge in [-0.25, -0.2) is 4.98 Å². The van der Waals surface area contributed by atoms with E-state index in [0.29, 0.717) is 13.2 Å². The zero-order valence-electron chi connectivity index (χ0n) is 8.64. The molecule has 1 aliphatic rings. The minimum absolute atomic E-state index is 0.0559. The lowest BCUT2D eigenvalue weighted by atomic mass is 10.3. The Labute approximate surface area is 92.6 Å². The average Bonchev–Trinajstić information content (AvgIpc) is 2.33. The van der Waals surface area contributed by atoms with Crippen molar-refractivity contribution in [3.8, 4) is 5.75 Å². The number of aromatic nitrogens is 1. The van der Waals surface area contributed by atoms with Gasteiger partial charge in [-0.3, -0.25) is 4.79 Å². The maximum Gasteiger partial charge on any atom is 0.256 e. The Balaban J connectivity index is 1.99. The Bertz CT molecular complexity index is 377. The molecule has 1 aromatic rings. The van der Waals surface area contributed by atoms with E-state index in [4.69, 9.17) is 4.74 Å². The highest BCUT2D eigenvalue weighted by atomic mass is 16.5. The molecule has 0 aromatic carbocycles. The van der Waals surface area contributed by atoms with Gasteiger partial charge in [0.1, 0.15) is 6.10 Å². The van der Waals surface area contributed by atoms with Gasteiger partial charge in [-0.1, -0.05) is 0 Å². The fraction of sp³-hybridized carbons (Fsp3) is 0.400. The summed E-state index contributed by atoms with van der Waals surface area (Å²) in [7, 11) is 0. The number of hydrogen-bond acceptors (Lipinski definition) is 5. The summed E-state index contributed by atoms with van der Waals surface area (Å²) in [4.78, 5) is 15.5. The van der Waals surface area contributed by atoms with Gasteiger partial charge in [0.2, 0.25) is 0 Å². The molecule has 16 heavy (non-hydrogen) atoms. The van der Waals surface area contributed by atoms with Crippen LogP contribution in [0.2, 0.25) is 0 Å². The van der Waals surface area contributed by atoms with Crippen molar-refractivity contribution in [2.75, 3.05) is 25.0 Å². The third-order valence-corrected chi connectivity index (χ3v) is 2.25. The molecule has 1 saturated heterocycles. The molecule has 2 heterocycles. The van der Waals surface area contributed by atoms with E-state index in [-0.39, 0.29) is 17.5 Å². The average molecular weight is 223 g/mol. The quantitative estimate of drug-likeness (QED) is 0.642. The first kappa shape index (κ1) is 10.8. The molecule has 2 rings (SSSR count). The molecule has 1 atom stereocenters. The van der Waals surface area contributed by atoms with Gasteiger partial charge < -0.3 is 20.5 Å². The second kappa shape index (κ2) is 4.91. The van der Waals surface area contributed by atoms with Crippen LogP contribution in [0.1, 0.15) is 0 Å². The van der Waals surface area contributed by atoms with Gasteiger partial charge in [-0.15, -0.1) is 0 Å². The molecule has 0 spiro atoms. The second-order valence-corrected chi connectivity index (χ2v) is 3.42. The summed E-state index contributed by atoms with van der Waals surface area (Å²) in [5.41, 5.74) is 0. The highest BCUT2D eigenvalue weighted by Crippen LogP contribution is 2.18. The van der Waals surface area contributed by atoms with E-state index >= 15 is 0 Å². The summed E-state index contributed by atoms with van der Waals surface area (Å²) >= 11 is 0. The van der Waals surface area contributed by atoms with Crippen molar-refractivity contribution >= 4 is 11.7 Å². The summed E-state index contributed by atoms with van der Waals surface area (Å²) < 4.78 is 5.27. The van der Waals surface area contributed by atoms with Crippen molar-refractivity contribution in [3.05, 3.63) is 18.3 Å². The standard InChI is InChI=1S/C10H13N3O3/c14-7-2-1-3-12-9(7)13-10(15)8-6-11-4-5-16-8/h1-3,8,11,14H,4-6H2,(H,12,13,15). The normalized spacial score (nSPS) is 20.4. The molecule has 1 aromatic heterocycles. The number of aromatic hydroxyl groups is 1. The number of rotatable bonds is 2. The van der Waals surface area contributed by atoms with Crippen LogP contribution in [0.15, 0.2) is 18.3 Å². The van der Waals surface area contributed by atoms with Gasteiger partial charge in [-0.05, 0) is 12.1 Å². The molecule has 6 nitrogen and oxygen atoms in total. The fourth-order valence-corrected chi connectivity index (χ4v) is 1.42. The van der Waals surface area contributed by atoms with Gasteiger partial charge in [-0.2, -0.15) is 0 Å². The van der Waals surface area contributed by atoms with E-state index in [1.807, 2.05) is 0 Å². The smallest absolute Gasteiger partial charge is 0.256 e. The van der Waals surface area contributed by atoms with Crippen LogP contribution >= 0.6 is 0 Å². The summed E-state index contributed by atoms with van der Waals surface area (Å²) in [6.45, 7) is 1.73. The van der Waals surface area contributed by atoms with E-state index in [9.17, 15) is 9.90 Å². The zero-order valence-corrected chi connectivity index (χ0v) is 8.64. The van der Waals surface area contributed by atoms with Gasteiger partial charge in [0, 0.05) is 19.3 Å². The first-order chi connectivity index (χ1) is 7.77. The van der Waals surface area contributed by atoms with Gasteiger partial charge in [0.15, 0.2) is 11.6 Å². The first-order valence-electron chi connectivity index (χ1n) is 5.04. The lowest BCUT2D eigenvalue weighted by Gasteiger charge is -2.22. The van der Waals surface area contributed by atoms with Crippen molar-refractivity contribution in [2.24, 2.45) is 0 Å². The molecule has 0 radical (unpaired) electrons. The molecule has 1 aliphatic heterocycles. The van der Waals surface area contributed by atoms with Crippen LogP contribution in [0.4, 0.5) is 5.82 Å². The molecule has 1 amide bonds. The Hall–Kier alpha value is -1.66. The molecule has 1 unspecified atom stereocenters. The Morgan fingerprint density at radius 2 is 2.56 bits per heavy atom. The van der Waals surface area contributed by atoms with Crippen molar-refractivity contribution in [1.29, 1.82) is 0 Å². The fourth-order valence-electron chi connectivity index (χ4n) is 1.42. The molecule has 0 aliphatic carbocycles. The molecule has 1 fully saturated rings. The molecular formula is C10H13N3O3. The number of ether oxygens (including phenoxy) is 1. The van der Waals surface area contributed by atoms with Gasteiger partial charge in [0.25, 0.3) is 5.91 Å². The maximum absolute atomic E-state index is 11.7. The molecule has 0 bridgehead atoms. The predicted molar refractivity (Wildman–Crippen MR) is 57.1 cm³/mol. The summed E-state index contributed by atoms with van der Waals surface area (Å²) in [6, 6.07) is 3.05. The van der Waals surface area contributed by atoms with E-state index < -0.39 is 6.10 Å². The molecule has 86 valence electrons. The third-order valence-electron chi connectivity index (χ3n) is 2.25. The number of nitrogens with one attached hydrogen (secondary N) is 2. The highest BCUT2D eigenvalue weighted by molar-refractivity contribution is 5.94. The first-order valence-corrected chi connectivity index (χ1v) is 5.04. The lowest BCUT2D eigenvalue weighted by molar-refractivity contribution is -0.128. The number of carbonyl (C=O) groups excluding carboxylic acids is 1. The lowest BCUT2D eigenvalue weighted by Crippen LogP contribution is -2.45. The maximum atomic E-state index is 11.7. The number of carbonyl (C=O) groups is 1. The predicted octanol–water partition coefficient (Wildman–Crippen LogP) is -0.286. The summed E-state index contributed by atoms with van der Waals surface area (Å²) in [6.07, 6.45) is 0.963. The number of morpholine rings is 1. The van der Waals surface area contributed by atoms with Crippen molar-refractivity contribution in [2.45, 2.75) is 6.10 Å². The van der Waals surface area contributed by atoms with E-state index in [1.54, 1.807) is 6.07 Å². The summed E-state index contributed by atoms with van der Waals surface area (Å²) in [5, 5.41) is 15.0. The number of hydrogen-bond donors (Lipinski definition) is 3. The monoisotopic (exact) mass is 223 g/mol. The molecule has 3 N–H and O–H groups in total. The number of pyridine rings is 1. The molecule has 0 saturated carbocycles. The summed E-state index contributed by atoms with van der Waals surface area (Å²) in [5.74, 6) is -0.206. The minimum Gasteiger partial charge on any atom is -0.504 e. The third kappa shape index (κ3) is 2.47. The van der Waals surface area contributed by atoms with Gasteiger partial charge >= 0.3 is 0 Å². The topological polar surface area (TPSA) is 83.5 Å². The van der Waals surface area contributed by atoms with Crippen LogP contribution in [0, 0.1) is 0 Å². The van der Waals surface area contributed by atoms with Crippen LogP contribution < -0.4 is 10.6 Å². The van der Waals surface area contributed by atoms with Crippen LogP contribution in [-0.2, 0) is 9.53 Å². The number of nitrogens with zero attached hydrogens (tertiary/aromatic N) is 1. The van der Waals surface area contributed by atoms with Crippen LogP contribution in [-0.4, -0.2) is 41.8 Å². The largest absolute Gasteiger partial charge is 0.504 e. The van der Waals surface area contributed by atoms with E-state index in [1.165, 1.54) is 12.3 Å². The Morgan fingerprint density at radius 3 is 3.25 bits per heavy atom. The van der Waals surface area contributed by atoms with E-state index in [2.05, 4.69) is 15.6 Å². The minimum atomic E-state index is -0.532. The Kier molecular flexibility index (Phi) is 3.33. The number of anilines is 1. The van der Waals surface area contributed by atoms with Gasteiger partial charge in [0.05, 0.1) is 6.61 Å². The second-order valence-electron chi connectivity index (χ2n) is 3.42. The zero-order chi connectivity index (χ0) is 11.4. The van der Waals surface area contributed by atoms with Crippen LogP contribution in [0.5, 0.6) is 5.75 Å². The molecule has 6 heteroatoms. The SMILES string of the molecule is O=C(Nc1ncccc1O)C1CNCCO1. The van der Waals surface area contributed by atoms with Crippen molar-refractivity contribution in [3.63, 3.8) is 0 Å². The highest BCUT2D eigenvalue weighted by Gasteiger charge is 2.22. The van der Waals surface area contributed by atoms with Crippen molar-refractivity contribution < 1.29 is 14.6 Å². The van der Waals surface area contributed by atoms with E-state index in [0.717, 1.165) is 6.54 Å².